The molecule has 182 valence electrons. The van der Waals surface area contributed by atoms with Crippen LogP contribution in [0.3, 0.4) is 0 Å². The molecule has 0 radical (unpaired) electrons. The number of aliphatic hydroxyl groups is 1. The van der Waals surface area contributed by atoms with Crippen LogP contribution >= 0.6 is 0 Å². The van der Waals surface area contributed by atoms with Crippen LogP contribution in [0.2, 0.25) is 0 Å². The van der Waals surface area contributed by atoms with Crippen molar-refractivity contribution in [2.24, 2.45) is 0 Å². The second-order valence-corrected chi connectivity index (χ2v) is 9.74. The maximum Gasteiger partial charge on any atom is 0.0843 e. The summed E-state index contributed by atoms with van der Waals surface area (Å²) in [4.78, 5) is 0. The van der Waals surface area contributed by atoms with Gasteiger partial charge in [-0.05, 0) is 49.1 Å². The molecule has 2 N–H and O–H groups in total. The van der Waals surface area contributed by atoms with Crippen LogP contribution in [-0.2, 0) is 6.54 Å². The summed E-state index contributed by atoms with van der Waals surface area (Å²) < 4.78 is 2.33. The molecule has 0 unspecified atom stereocenters. The van der Waals surface area contributed by atoms with Crippen LogP contribution in [0, 0.1) is 13.8 Å². The average Bonchev–Trinajstić information content (AvgIpc) is 3.22. The zero-order valence-corrected chi connectivity index (χ0v) is 21.3. The van der Waals surface area contributed by atoms with Crippen molar-refractivity contribution in [3.05, 3.63) is 120 Å². The Labute approximate surface area is 214 Å². The number of aryl methyl sites for hydroxylation is 2. The monoisotopic (exact) mass is 474 g/mol. The number of benzene rings is 4. The van der Waals surface area contributed by atoms with Gasteiger partial charge >= 0.3 is 0 Å². The smallest absolute Gasteiger partial charge is 0.0843 e. The fraction of sp³-hybridized carbons (Fsp3) is 0.212. The third-order valence-corrected chi connectivity index (χ3v) is 6.95. The van der Waals surface area contributed by atoms with Crippen molar-refractivity contribution >= 4 is 10.9 Å². The molecule has 0 aliphatic rings. The molecule has 1 heterocycles. The summed E-state index contributed by atoms with van der Waals surface area (Å²) in [6, 6.07) is 36.3. The van der Waals surface area contributed by atoms with Gasteiger partial charge in [0.25, 0.3) is 0 Å². The molecule has 4 aromatic carbocycles. The zero-order valence-electron chi connectivity index (χ0n) is 21.3. The van der Waals surface area contributed by atoms with E-state index in [1.807, 2.05) is 6.07 Å². The van der Waals surface area contributed by atoms with E-state index in [2.05, 4.69) is 128 Å². The maximum atomic E-state index is 11.3. The highest BCUT2D eigenvalue weighted by Crippen LogP contribution is 2.42. The Hall–Kier alpha value is -3.66. The Morgan fingerprint density at radius 1 is 0.778 bits per heavy atom. The van der Waals surface area contributed by atoms with Gasteiger partial charge in [-0.25, -0.2) is 0 Å². The first kappa shape index (κ1) is 24.1. The summed E-state index contributed by atoms with van der Waals surface area (Å²) in [6.45, 7) is 7.49. The number of nitrogens with one attached hydrogen (secondary N) is 1. The van der Waals surface area contributed by atoms with Crippen molar-refractivity contribution < 1.29 is 5.11 Å². The summed E-state index contributed by atoms with van der Waals surface area (Å²) in [6.07, 6.45) is -0.543. The lowest BCUT2D eigenvalue weighted by atomic mass is 9.97. The van der Waals surface area contributed by atoms with E-state index in [1.54, 1.807) is 0 Å². The molecule has 0 aliphatic heterocycles. The fourth-order valence-corrected chi connectivity index (χ4v) is 5.31. The minimum atomic E-state index is -0.543. The van der Waals surface area contributed by atoms with Crippen LogP contribution in [-0.4, -0.2) is 22.3 Å². The second-order valence-electron chi connectivity index (χ2n) is 9.74. The molecule has 2 atom stereocenters. The van der Waals surface area contributed by atoms with E-state index in [1.165, 1.54) is 38.7 Å². The number of hydrogen-bond acceptors (Lipinski definition) is 2. The summed E-state index contributed by atoms with van der Waals surface area (Å²) in [5.41, 5.74) is 9.60. The second kappa shape index (κ2) is 10.5. The third-order valence-electron chi connectivity index (χ3n) is 6.95. The van der Waals surface area contributed by atoms with Gasteiger partial charge in [-0.15, -0.1) is 0 Å². The van der Waals surface area contributed by atoms with E-state index in [0.717, 1.165) is 11.3 Å². The molecule has 0 amide bonds. The van der Waals surface area contributed by atoms with Gasteiger partial charge in [0.2, 0.25) is 0 Å². The molecule has 0 spiro atoms. The highest BCUT2D eigenvalue weighted by molar-refractivity contribution is 6.06. The fourth-order valence-electron chi connectivity index (χ4n) is 5.31. The molecule has 1 aromatic heterocycles. The molecule has 0 saturated carbocycles. The summed E-state index contributed by atoms with van der Waals surface area (Å²) in [5.74, 6) is 0. The molecule has 0 bridgehead atoms. The van der Waals surface area contributed by atoms with Crippen LogP contribution in [0.5, 0.6) is 0 Å². The van der Waals surface area contributed by atoms with Gasteiger partial charge in [-0.2, -0.15) is 0 Å². The first-order valence-corrected chi connectivity index (χ1v) is 12.7. The van der Waals surface area contributed by atoms with Crippen LogP contribution in [0.25, 0.3) is 33.3 Å². The van der Waals surface area contributed by atoms with Crippen molar-refractivity contribution in [2.45, 2.75) is 39.5 Å². The van der Waals surface area contributed by atoms with Crippen LogP contribution in [0.1, 0.15) is 29.7 Å². The van der Waals surface area contributed by atoms with E-state index in [9.17, 15) is 5.11 Å². The van der Waals surface area contributed by atoms with E-state index >= 15 is 0 Å². The normalized spacial score (nSPS) is 13.1. The number of hydrogen-bond donors (Lipinski definition) is 2. The highest BCUT2D eigenvalue weighted by Gasteiger charge is 2.23. The molecule has 5 aromatic rings. The number of nitrogens with zero attached hydrogens (tertiary/aromatic N) is 1. The van der Waals surface area contributed by atoms with Gasteiger partial charge in [0, 0.05) is 23.5 Å². The Bertz CT molecular complexity index is 1440. The van der Waals surface area contributed by atoms with Gasteiger partial charge < -0.3 is 15.0 Å². The molecule has 5 rings (SSSR count). The first-order chi connectivity index (χ1) is 17.5. The van der Waals surface area contributed by atoms with E-state index in [0.29, 0.717) is 13.1 Å². The Kier molecular flexibility index (Phi) is 7.04. The predicted molar refractivity (Wildman–Crippen MR) is 151 cm³/mol. The van der Waals surface area contributed by atoms with E-state index in [-0.39, 0.29) is 6.04 Å². The Morgan fingerprint density at radius 3 is 2.00 bits per heavy atom. The summed E-state index contributed by atoms with van der Waals surface area (Å²) in [7, 11) is 0. The van der Waals surface area contributed by atoms with Gasteiger partial charge in [-0.3, -0.25) is 0 Å². The Balaban J connectivity index is 1.60. The predicted octanol–water partition coefficient (Wildman–Crippen LogP) is 7.30. The number of rotatable bonds is 8. The molecule has 36 heavy (non-hydrogen) atoms. The van der Waals surface area contributed by atoms with Crippen molar-refractivity contribution in [1.82, 2.24) is 9.88 Å². The van der Waals surface area contributed by atoms with E-state index in [4.69, 9.17) is 0 Å². The standard InChI is InChI=1S/C33H34N2O/c1-23-19-24(2)32-30(20-23)31(27-15-9-5-10-16-27)33(28-17-11-6-12-18-28)35(32)22-29(36)21-34-25(3)26-13-7-4-8-14-26/h4-20,25,29,34,36H,21-22H2,1-3H3/t25-,29+/m1/s1. The minimum Gasteiger partial charge on any atom is -0.390 e. The molecule has 0 aliphatic carbocycles. The lowest BCUT2D eigenvalue weighted by molar-refractivity contribution is 0.150. The number of fused-ring (bicyclic) bond motifs is 1. The van der Waals surface area contributed by atoms with Crippen LogP contribution < -0.4 is 5.32 Å². The molecular formula is C33H34N2O. The molecule has 3 heteroatoms. The zero-order chi connectivity index (χ0) is 25.1. The molecule has 3 nitrogen and oxygen atoms in total. The van der Waals surface area contributed by atoms with Crippen molar-refractivity contribution in [3.8, 4) is 22.4 Å². The topological polar surface area (TPSA) is 37.2 Å². The lowest BCUT2D eigenvalue weighted by Crippen LogP contribution is -2.32. The lowest BCUT2D eigenvalue weighted by Gasteiger charge is -2.20. The quantitative estimate of drug-likeness (QED) is 0.247. The third kappa shape index (κ3) is 4.86. The first-order valence-electron chi connectivity index (χ1n) is 12.7. The average molecular weight is 475 g/mol. The van der Waals surface area contributed by atoms with Crippen LogP contribution in [0.4, 0.5) is 0 Å². The SMILES string of the molecule is Cc1cc(C)c2c(c1)c(-c1ccccc1)c(-c1ccccc1)n2C[C@@H](O)CN[C@H](C)c1ccccc1. The Morgan fingerprint density at radius 2 is 1.36 bits per heavy atom. The van der Waals surface area contributed by atoms with Gasteiger partial charge in [0.1, 0.15) is 0 Å². The largest absolute Gasteiger partial charge is 0.390 e. The molecule has 0 saturated heterocycles. The highest BCUT2D eigenvalue weighted by atomic mass is 16.3. The van der Waals surface area contributed by atoms with Gasteiger partial charge in [-0.1, -0.05) is 103 Å². The van der Waals surface area contributed by atoms with Gasteiger partial charge in [0.15, 0.2) is 0 Å². The summed E-state index contributed by atoms with van der Waals surface area (Å²) in [5, 5.41) is 16.0. The molecule has 0 fully saturated rings. The summed E-state index contributed by atoms with van der Waals surface area (Å²) >= 11 is 0. The van der Waals surface area contributed by atoms with Crippen molar-refractivity contribution in [2.75, 3.05) is 6.54 Å². The maximum absolute atomic E-state index is 11.3. The van der Waals surface area contributed by atoms with Crippen LogP contribution in [0.15, 0.2) is 103 Å². The minimum absolute atomic E-state index is 0.167. The number of aromatic nitrogens is 1. The van der Waals surface area contributed by atoms with Gasteiger partial charge in [0.05, 0.1) is 23.9 Å². The van der Waals surface area contributed by atoms with Crippen molar-refractivity contribution in [1.29, 1.82) is 0 Å². The van der Waals surface area contributed by atoms with Crippen molar-refractivity contribution in [3.63, 3.8) is 0 Å². The number of aliphatic hydroxyl groups excluding tert-OH is 1. The molecular weight excluding hydrogens is 440 g/mol. The van der Waals surface area contributed by atoms with E-state index < -0.39 is 6.10 Å².